The average Bonchev–Trinajstić information content (AvgIpc) is 2.12. The summed E-state index contributed by atoms with van der Waals surface area (Å²) in [5.74, 6) is 0.125. The Kier molecular flexibility index (Phi) is 1.98. The van der Waals surface area contributed by atoms with Crippen molar-refractivity contribution in [1.82, 2.24) is 0 Å². The smallest absolute Gasteiger partial charge is 0.229 e. The molecule has 0 spiro atoms. The minimum absolute atomic E-state index is 0.125. The van der Waals surface area contributed by atoms with Crippen LogP contribution in [0.3, 0.4) is 0 Å². The van der Waals surface area contributed by atoms with E-state index in [2.05, 4.69) is 30.8 Å². The number of hydrogen-bond donors (Lipinski definition) is 1. The Labute approximate surface area is 66.9 Å². The fourth-order valence-electron chi connectivity index (χ4n) is 0.987. The Morgan fingerprint density at radius 3 is 2.36 bits per heavy atom. The molecular formula is C8H14N2O. The van der Waals surface area contributed by atoms with E-state index in [1.165, 1.54) is 0 Å². The van der Waals surface area contributed by atoms with Crippen LogP contribution in [0.5, 0.6) is 0 Å². The van der Waals surface area contributed by atoms with Gasteiger partial charge in [-0.3, -0.25) is 4.99 Å². The van der Waals surface area contributed by atoms with Crippen molar-refractivity contribution in [1.29, 1.82) is 0 Å². The van der Waals surface area contributed by atoms with Gasteiger partial charge in [0.1, 0.15) is 6.67 Å². The molecule has 0 radical (unpaired) electrons. The summed E-state index contributed by atoms with van der Waals surface area (Å²) in [6.07, 6.45) is 0.794. The Bertz CT molecular complexity index is 211. The Balaban J connectivity index is 2.58. The largest absolute Gasteiger partial charge is 0.492 e. The van der Waals surface area contributed by atoms with Gasteiger partial charge in [-0.05, 0) is 11.8 Å². The molecule has 1 heterocycles. The van der Waals surface area contributed by atoms with Crippen molar-refractivity contribution < 1.29 is 5.11 Å². The van der Waals surface area contributed by atoms with E-state index >= 15 is 0 Å². The van der Waals surface area contributed by atoms with E-state index in [1.54, 1.807) is 0 Å². The van der Waals surface area contributed by atoms with Crippen molar-refractivity contribution in [3.63, 3.8) is 0 Å². The molecule has 0 saturated carbocycles. The topological polar surface area (TPSA) is 45.0 Å². The predicted molar refractivity (Wildman–Crippen MR) is 46.4 cm³/mol. The minimum Gasteiger partial charge on any atom is -0.492 e. The molecule has 0 atom stereocenters. The van der Waals surface area contributed by atoms with Gasteiger partial charge in [-0.15, -0.1) is 0 Å². The molecule has 0 aromatic heterocycles. The van der Waals surface area contributed by atoms with Crippen LogP contribution in [0, 0.1) is 5.41 Å². The lowest BCUT2D eigenvalue weighted by Gasteiger charge is -2.16. The molecule has 0 saturated heterocycles. The van der Waals surface area contributed by atoms with E-state index in [-0.39, 0.29) is 11.3 Å². The number of aliphatic imine (C=N–C) groups is 2. The maximum Gasteiger partial charge on any atom is 0.229 e. The third kappa shape index (κ3) is 2.33. The van der Waals surface area contributed by atoms with Crippen LogP contribution in [0.15, 0.2) is 9.98 Å². The summed E-state index contributed by atoms with van der Waals surface area (Å²) in [5.41, 5.74) is 0.921. The normalized spacial score (nSPS) is 18.1. The lowest BCUT2D eigenvalue weighted by Crippen LogP contribution is -2.18. The molecule has 0 aromatic rings. The number of rotatable bonds is 1. The van der Waals surface area contributed by atoms with E-state index in [1.807, 2.05) is 0 Å². The predicted octanol–water partition coefficient (Wildman–Crippen LogP) is 1.79. The molecule has 0 fully saturated rings. The summed E-state index contributed by atoms with van der Waals surface area (Å²) in [4.78, 5) is 7.84. The Morgan fingerprint density at radius 1 is 1.36 bits per heavy atom. The van der Waals surface area contributed by atoms with Crippen molar-refractivity contribution in [3.05, 3.63) is 0 Å². The second-order valence-corrected chi connectivity index (χ2v) is 3.97. The molecule has 11 heavy (non-hydrogen) atoms. The van der Waals surface area contributed by atoms with E-state index in [9.17, 15) is 5.11 Å². The maximum atomic E-state index is 9.17. The number of aliphatic hydroxyl groups excluding tert-OH is 1. The first-order valence-electron chi connectivity index (χ1n) is 3.76. The van der Waals surface area contributed by atoms with Crippen molar-refractivity contribution in [2.45, 2.75) is 27.2 Å². The molecule has 1 N–H and O–H groups in total. The SMILES string of the molecule is CC(C)(C)CC1=NCN=C1O. The van der Waals surface area contributed by atoms with Crippen LogP contribution in [0.2, 0.25) is 0 Å². The van der Waals surface area contributed by atoms with Crippen LogP contribution in [0.4, 0.5) is 0 Å². The lowest BCUT2D eigenvalue weighted by molar-refractivity contribution is 0.432. The van der Waals surface area contributed by atoms with Crippen molar-refractivity contribution in [2.75, 3.05) is 6.67 Å². The molecule has 62 valence electrons. The van der Waals surface area contributed by atoms with Gasteiger partial charge in [-0.25, -0.2) is 4.99 Å². The summed E-state index contributed by atoms with van der Waals surface area (Å²) < 4.78 is 0. The van der Waals surface area contributed by atoms with Gasteiger partial charge >= 0.3 is 0 Å². The number of nitrogens with zero attached hydrogens (tertiary/aromatic N) is 2. The first-order valence-corrected chi connectivity index (χ1v) is 3.76. The van der Waals surface area contributed by atoms with Gasteiger partial charge in [0.2, 0.25) is 5.90 Å². The highest BCUT2D eigenvalue weighted by Crippen LogP contribution is 2.20. The van der Waals surface area contributed by atoms with Crippen LogP contribution in [-0.2, 0) is 0 Å². The van der Waals surface area contributed by atoms with Crippen LogP contribution in [0.1, 0.15) is 27.2 Å². The standard InChI is InChI=1S/C8H14N2O/c1-8(2,3)4-6-7(11)10-5-9-6/h4-5H2,1-3H3,(H,10,11). The lowest BCUT2D eigenvalue weighted by atomic mass is 9.89. The van der Waals surface area contributed by atoms with Crippen molar-refractivity contribution >= 4 is 11.6 Å². The second-order valence-electron chi connectivity index (χ2n) is 3.97. The van der Waals surface area contributed by atoms with E-state index in [4.69, 9.17) is 0 Å². The van der Waals surface area contributed by atoms with Gasteiger partial charge in [0.15, 0.2) is 0 Å². The molecular weight excluding hydrogens is 140 g/mol. The van der Waals surface area contributed by atoms with Crippen LogP contribution >= 0.6 is 0 Å². The van der Waals surface area contributed by atoms with Crippen molar-refractivity contribution in [2.24, 2.45) is 15.4 Å². The zero-order valence-corrected chi connectivity index (χ0v) is 7.26. The maximum absolute atomic E-state index is 9.17. The summed E-state index contributed by atoms with van der Waals surface area (Å²) in [7, 11) is 0. The number of aliphatic hydroxyl groups is 1. The van der Waals surface area contributed by atoms with Gasteiger partial charge in [-0.2, -0.15) is 0 Å². The van der Waals surface area contributed by atoms with Gasteiger partial charge < -0.3 is 5.11 Å². The van der Waals surface area contributed by atoms with E-state index < -0.39 is 0 Å². The van der Waals surface area contributed by atoms with Crippen molar-refractivity contribution in [3.8, 4) is 0 Å². The molecule has 1 aliphatic heterocycles. The zero-order valence-electron chi connectivity index (χ0n) is 7.26. The second kappa shape index (κ2) is 2.64. The fourth-order valence-corrected chi connectivity index (χ4v) is 0.987. The van der Waals surface area contributed by atoms with Gasteiger partial charge in [0, 0.05) is 0 Å². The monoisotopic (exact) mass is 154 g/mol. The molecule has 1 aliphatic rings. The van der Waals surface area contributed by atoms with Crippen LogP contribution in [-0.4, -0.2) is 23.4 Å². The summed E-state index contributed by atoms with van der Waals surface area (Å²) in [5, 5.41) is 9.17. The van der Waals surface area contributed by atoms with Gasteiger partial charge in [-0.1, -0.05) is 20.8 Å². The molecule has 0 unspecified atom stereocenters. The van der Waals surface area contributed by atoms with Gasteiger partial charge in [0.05, 0.1) is 5.71 Å². The fraction of sp³-hybridized carbons (Fsp3) is 0.750. The number of hydrogen-bond acceptors (Lipinski definition) is 2. The first kappa shape index (κ1) is 8.24. The molecule has 1 rings (SSSR count). The molecule has 0 bridgehead atoms. The molecule has 0 aromatic carbocycles. The molecule has 0 aliphatic carbocycles. The van der Waals surface area contributed by atoms with Gasteiger partial charge in [0.25, 0.3) is 0 Å². The molecule has 0 amide bonds. The summed E-state index contributed by atoms with van der Waals surface area (Å²) >= 11 is 0. The molecule has 3 nitrogen and oxygen atoms in total. The average molecular weight is 154 g/mol. The first-order chi connectivity index (χ1) is 4.99. The van der Waals surface area contributed by atoms with Crippen LogP contribution in [0.25, 0.3) is 0 Å². The Hall–Kier alpha value is -0.860. The summed E-state index contributed by atoms with van der Waals surface area (Å²) in [6, 6.07) is 0. The van der Waals surface area contributed by atoms with E-state index in [0.717, 1.165) is 12.1 Å². The van der Waals surface area contributed by atoms with E-state index in [0.29, 0.717) is 6.67 Å². The molecule has 3 heteroatoms. The summed E-state index contributed by atoms with van der Waals surface area (Å²) in [6.45, 7) is 6.74. The highest BCUT2D eigenvalue weighted by Gasteiger charge is 2.19. The van der Waals surface area contributed by atoms with Crippen LogP contribution < -0.4 is 0 Å². The quantitative estimate of drug-likeness (QED) is 0.614. The minimum atomic E-state index is 0.125. The highest BCUT2D eigenvalue weighted by molar-refractivity contribution is 6.39. The highest BCUT2D eigenvalue weighted by atomic mass is 16.3. The Morgan fingerprint density at radius 2 is 2.00 bits per heavy atom. The third-order valence-corrected chi connectivity index (χ3v) is 1.44. The third-order valence-electron chi connectivity index (χ3n) is 1.44. The zero-order chi connectivity index (χ0) is 8.48.